The van der Waals surface area contributed by atoms with Gasteiger partial charge in [-0.2, -0.15) is 0 Å². The van der Waals surface area contributed by atoms with Crippen LogP contribution in [0, 0.1) is 15.9 Å². The monoisotopic (exact) mass is 443 g/mol. The van der Waals surface area contributed by atoms with E-state index in [0.717, 1.165) is 22.3 Å². The number of rotatable bonds is 5. The predicted octanol–water partition coefficient (Wildman–Crippen LogP) is 3.81. The van der Waals surface area contributed by atoms with E-state index in [1.807, 2.05) is 4.90 Å². The molecule has 160 valence electrons. The van der Waals surface area contributed by atoms with Gasteiger partial charge in [-0.1, -0.05) is 18.2 Å². The number of imide groups is 1. The lowest BCUT2D eigenvalue weighted by Gasteiger charge is -2.30. The summed E-state index contributed by atoms with van der Waals surface area (Å²) in [7, 11) is 0. The molecule has 4 rings (SSSR count). The molecule has 0 aromatic heterocycles. The number of hydrogen-bond donors (Lipinski definition) is 0. The Morgan fingerprint density at radius 2 is 1.90 bits per heavy atom. The smallest absolute Gasteiger partial charge is 0.293 e. The number of morpholine rings is 1. The number of anilines is 1. The average Bonchev–Trinajstić information content (AvgIpc) is 3.03. The van der Waals surface area contributed by atoms with Gasteiger partial charge in [0.2, 0.25) is 0 Å². The summed E-state index contributed by atoms with van der Waals surface area (Å²) in [6.07, 6.45) is 1.49. The summed E-state index contributed by atoms with van der Waals surface area (Å²) in [5.41, 5.74) is 1.30. The molecule has 0 bridgehead atoms. The van der Waals surface area contributed by atoms with E-state index in [1.54, 1.807) is 12.1 Å². The summed E-state index contributed by atoms with van der Waals surface area (Å²) < 4.78 is 19.3. The van der Waals surface area contributed by atoms with Crippen LogP contribution in [0.15, 0.2) is 47.4 Å². The van der Waals surface area contributed by atoms with E-state index in [9.17, 15) is 24.1 Å². The van der Waals surface area contributed by atoms with Gasteiger partial charge >= 0.3 is 0 Å². The van der Waals surface area contributed by atoms with E-state index in [4.69, 9.17) is 4.74 Å². The van der Waals surface area contributed by atoms with Gasteiger partial charge in [-0.15, -0.1) is 0 Å². The van der Waals surface area contributed by atoms with E-state index >= 15 is 0 Å². The fourth-order valence-corrected chi connectivity index (χ4v) is 4.27. The van der Waals surface area contributed by atoms with Gasteiger partial charge in [0, 0.05) is 42.0 Å². The third-order valence-electron chi connectivity index (χ3n) is 5.02. The van der Waals surface area contributed by atoms with E-state index in [1.165, 1.54) is 36.4 Å². The number of carbonyl (C=O) groups is 2. The van der Waals surface area contributed by atoms with Crippen molar-refractivity contribution in [2.45, 2.75) is 6.54 Å². The van der Waals surface area contributed by atoms with Gasteiger partial charge < -0.3 is 9.64 Å². The number of amides is 2. The third-order valence-corrected chi connectivity index (χ3v) is 5.93. The second-order valence-electron chi connectivity index (χ2n) is 6.96. The topological polar surface area (TPSA) is 93.0 Å². The second-order valence-corrected chi connectivity index (χ2v) is 7.95. The van der Waals surface area contributed by atoms with Gasteiger partial charge in [-0.05, 0) is 30.0 Å². The highest BCUT2D eigenvalue weighted by Crippen LogP contribution is 2.36. The summed E-state index contributed by atoms with van der Waals surface area (Å²) in [6, 6.07) is 10.4. The van der Waals surface area contributed by atoms with Crippen molar-refractivity contribution in [2.75, 3.05) is 31.2 Å². The molecule has 2 aromatic carbocycles. The number of nitrogens with zero attached hydrogens (tertiary/aromatic N) is 3. The van der Waals surface area contributed by atoms with Crippen molar-refractivity contribution < 1.29 is 23.6 Å². The van der Waals surface area contributed by atoms with Gasteiger partial charge in [-0.25, -0.2) is 4.39 Å². The van der Waals surface area contributed by atoms with Crippen LogP contribution in [0.1, 0.15) is 11.1 Å². The van der Waals surface area contributed by atoms with Crippen molar-refractivity contribution in [2.24, 2.45) is 0 Å². The van der Waals surface area contributed by atoms with Gasteiger partial charge in [0.05, 0.1) is 29.6 Å². The Labute approximate surface area is 181 Å². The Kier molecular flexibility index (Phi) is 6.01. The molecule has 0 spiro atoms. The molecule has 10 heteroatoms. The minimum Gasteiger partial charge on any atom is -0.378 e. The Morgan fingerprint density at radius 3 is 2.61 bits per heavy atom. The number of ether oxygens (including phenoxy) is 1. The molecule has 0 radical (unpaired) electrons. The van der Waals surface area contributed by atoms with Crippen LogP contribution in [0.25, 0.3) is 6.08 Å². The molecule has 2 aromatic rings. The second kappa shape index (κ2) is 8.86. The summed E-state index contributed by atoms with van der Waals surface area (Å²) >= 11 is 0.734. The molecule has 2 saturated heterocycles. The number of thioether (sulfide) groups is 1. The number of hydrogen-bond acceptors (Lipinski definition) is 7. The normalized spacial score (nSPS) is 18.2. The number of halogens is 1. The highest BCUT2D eigenvalue weighted by atomic mass is 32.2. The van der Waals surface area contributed by atoms with E-state index < -0.39 is 21.9 Å². The minimum absolute atomic E-state index is 0.117. The minimum atomic E-state index is -0.558. The van der Waals surface area contributed by atoms with Crippen LogP contribution in [0.3, 0.4) is 0 Å². The molecule has 0 unspecified atom stereocenters. The highest BCUT2D eigenvalue weighted by Gasteiger charge is 2.35. The first-order chi connectivity index (χ1) is 14.9. The molecular formula is C21H18FN3O5S. The summed E-state index contributed by atoms with van der Waals surface area (Å²) in [5, 5.41) is 10.7. The Hall–Kier alpha value is -3.24. The molecule has 2 fully saturated rings. The maximum Gasteiger partial charge on any atom is 0.293 e. The number of non-ortho nitro benzene ring substituents is 1. The van der Waals surface area contributed by atoms with E-state index in [-0.39, 0.29) is 22.7 Å². The molecule has 2 heterocycles. The van der Waals surface area contributed by atoms with Crippen molar-refractivity contribution in [1.29, 1.82) is 0 Å². The maximum atomic E-state index is 14.0. The fraction of sp³-hybridized carbons (Fsp3) is 0.238. The molecule has 8 nitrogen and oxygen atoms in total. The first-order valence-corrected chi connectivity index (χ1v) is 10.4. The average molecular weight is 443 g/mol. The number of carbonyl (C=O) groups excluding carboxylic acids is 2. The molecule has 31 heavy (non-hydrogen) atoms. The zero-order chi connectivity index (χ0) is 22.0. The number of benzene rings is 2. The Bertz CT molecular complexity index is 1080. The van der Waals surface area contributed by atoms with Crippen LogP contribution in [0.2, 0.25) is 0 Å². The van der Waals surface area contributed by atoms with Crippen molar-refractivity contribution in [1.82, 2.24) is 4.90 Å². The molecular weight excluding hydrogens is 425 g/mol. The first-order valence-electron chi connectivity index (χ1n) is 9.54. The standard InChI is InChI=1S/C21H18FN3O5S/c22-17-4-2-1-3-14(17)13-24-20(26)19(31-21(24)27)12-15-11-16(25(28)29)5-6-18(15)23-7-9-30-10-8-23/h1-6,11-12H,7-10,13H2/b19-12-. The highest BCUT2D eigenvalue weighted by molar-refractivity contribution is 8.18. The van der Waals surface area contributed by atoms with Gasteiger partial charge in [0.15, 0.2) is 0 Å². The summed E-state index contributed by atoms with van der Waals surface area (Å²) in [4.78, 5) is 39.2. The molecule has 0 aliphatic carbocycles. The summed E-state index contributed by atoms with van der Waals surface area (Å²) in [6.45, 7) is 2.08. The SMILES string of the molecule is O=C1S/C(=C\c2cc([N+](=O)[O-])ccc2N2CCOCC2)C(=O)N1Cc1ccccc1F. The van der Waals surface area contributed by atoms with Crippen molar-refractivity contribution in [3.05, 3.63) is 74.4 Å². The number of nitro benzene ring substituents is 1. The lowest BCUT2D eigenvalue weighted by atomic mass is 10.1. The van der Waals surface area contributed by atoms with E-state index in [2.05, 4.69) is 0 Å². The quantitative estimate of drug-likeness (QED) is 0.394. The molecule has 0 N–H and O–H groups in total. The predicted molar refractivity (Wildman–Crippen MR) is 114 cm³/mol. The first kappa shape index (κ1) is 21.0. The van der Waals surface area contributed by atoms with Crippen LogP contribution in [0.4, 0.5) is 20.6 Å². The Morgan fingerprint density at radius 1 is 1.16 bits per heavy atom. The molecule has 0 atom stereocenters. The van der Waals surface area contributed by atoms with Crippen molar-refractivity contribution in [3.63, 3.8) is 0 Å². The van der Waals surface area contributed by atoms with Crippen LogP contribution in [-0.2, 0) is 16.1 Å². The molecule has 0 saturated carbocycles. The van der Waals surface area contributed by atoms with Crippen molar-refractivity contribution >= 4 is 40.4 Å². The van der Waals surface area contributed by atoms with E-state index in [0.29, 0.717) is 31.9 Å². The van der Waals surface area contributed by atoms with Gasteiger partial charge in [0.25, 0.3) is 16.8 Å². The van der Waals surface area contributed by atoms with Crippen LogP contribution >= 0.6 is 11.8 Å². The fourth-order valence-electron chi connectivity index (χ4n) is 3.44. The third kappa shape index (κ3) is 4.44. The maximum absolute atomic E-state index is 14.0. The lowest BCUT2D eigenvalue weighted by Crippen LogP contribution is -2.36. The van der Waals surface area contributed by atoms with Gasteiger partial charge in [0.1, 0.15) is 5.82 Å². The lowest BCUT2D eigenvalue weighted by molar-refractivity contribution is -0.384. The molecule has 2 aliphatic rings. The van der Waals surface area contributed by atoms with Gasteiger partial charge in [-0.3, -0.25) is 24.6 Å². The molecule has 2 aliphatic heterocycles. The molecule has 2 amide bonds. The van der Waals surface area contributed by atoms with Crippen LogP contribution in [-0.4, -0.2) is 47.3 Å². The Balaban J connectivity index is 1.66. The summed E-state index contributed by atoms with van der Waals surface area (Å²) in [5.74, 6) is -1.06. The van der Waals surface area contributed by atoms with Crippen molar-refractivity contribution in [3.8, 4) is 0 Å². The largest absolute Gasteiger partial charge is 0.378 e. The zero-order valence-electron chi connectivity index (χ0n) is 16.3. The zero-order valence-corrected chi connectivity index (χ0v) is 17.1. The van der Waals surface area contributed by atoms with Crippen LogP contribution in [0.5, 0.6) is 0 Å². The number of nitro groups is 1. The van der Waals surface area contributed by atoms with Crippen LogP contribution < -0.4 is 4.90 Å².